The normalized spacial score (nSPS) is 12.2. The fraction of sp³-hybridized carbons (Fsp3) is 1.00. The van der Waals surface area contributed by atoms with Crippen molar-refractivity contribution in [2.45, 2.75) is 40.5 Å². The predicted molar refractivity (Wildman–Crippen MR) is 62.7 cm³/mol. The lowest BCUT2D eigenvalue weighted by molar-refractivity contribution is 0.0572. The molecule has 14 heavy (non-hydrogen) atoms. The van der Waals surface area contributed by atoms with Crippen LogP contribution in [-0.4, -0.2) is 27.4 Å². The van der Waals surface area contributed by atoms with Crippen molar-refractivity contribution in [2.75, 3.05) is 27.4 Å². The third kappa shape index (κ3) is 10.0. The highest BCUT2D eigenvalue weighted by atomic mass is 16.5. The number of hydrogen-bond donors (Lipinski definition) is 0. The molecule has 0 aliphatic carbocycles. The molecule has 2 nitrogen and oxygen atoms in total. The minimum atomic E-state index is 0.551. The zero-order valence-corrected chi connectivity index (χ0v) is 10.8. The van der Waals surface area contributed by atoms with Crippen molar-refractivity contribution in [3.05, 3.63) is 0 Å². The van der Waals surface area contributed by atoms with Crippen molar-refractivity contribution in [2.24, 2.45) is 11.8 Å². The molecule has 0 fully saturated rings. The molecule has 0 heterocycles. The molecule has 0 aliphatic heterocycles. The van der Waals surface area contributed by atoms with Crippen molar-refractivity contribution in [3.8, 4) is 0 Å². The molecule has 0 aromatic rings. The van der Waals surface area contributed by atoms with E-state index in [4.69, 9.17) is 9.47 Å². The third-order valence-corrected chi connectivity index (χ3v) is 2.21. The van der Waals surface area contributed by atoms with Gasteiger partial charge in [0, 0.05) is 20.1 Å². The first-order valence-electron chi connectivity index (χ1n) is 5.65. The van der Waals surface area contributed by atoms with Crippen molar-refractivity contribution in [1.82, 2.24) is 0 Å². The maximum Gasteiger partial charge on any atom is 0.0515 e. The fourth-order valence-corrected chi connectivity index (χ4v) is 1.14. The van der Waals surface area contributed by atoms with Crippen LogP contribution in [0.5, 0.6) is 0 Å². The first-order valence-corrected chi connectivity index (χ1v) is 5.65. The number of hydrogen-bond acceptors (Lipinski definition) is 2. The quantitative estimate of drug-likeness (QED) is 0.660. The lowest BCUT2D eigenvalue weighted by atomic mass is 9.93. The first kappa shape index (κ1) is 16.4. The minimum absolute atomic E-state index is 0.551. The smallest absolute Gasteiger partial charge is 0.0515 e. The molecule has 0 aromatic heterocycles. The zero-order chi connectivity index (χ0) is 11.4. The maximum atomic E-state index is 5.10. The fourth-order valence-electron chi connectivity index (χ4n) is 1.14. The highest BCUT2D eigenvalue weighted by Gasteiger charge is 2.14. The molecule has 0 saturated carbocycles. The van der Waals surface area contributed by atoms with E-state index in [1.807, 2.05) is 0 Å². The average Bonchev–Trinajstić information content (AvgIpc) is 2.17. The van der Waals surface area contributed by atoms with E-state index in [2.05, 4.69) is 27.7 Å². The summed E-state index contributed by atoms with van der Waals surface area (Å²) in [5, 5.41) is 0. The summed E-state index contributed by atoms with van der Waals surface area (Å²) in [4.78, 5) is 0. The van der Waals surface area contributed by atoms with Gasteiger partial charge in [-0.1, -0.05) is 40.5 Å². The molecule has 0 amide bonds. The molecular formula is C12H28O2. The summed E-state index contributed by atoms with van der Waals surface area (Å²) >= 11 is 0. The van der Waals surface area contributed by atoms with E-state index in [0.717, 1.165) is 13.2 Å². The molecule has 1 atom stereocenters. The van der Waals surface area contributed by atoms with Crippen LogP contribution >= 0.6 is 0 Å². The summed E-state index contributed by atoms with van der Waals surface area (Å²) in [6, 6.07) is 0. The Kier molecular flexibility index (Phi) is 15.1. The molecule has 0 rings (SSSR count). The zero-order valence-electron chi connectivity index (χ0n) is 10.8. The van der Waals surface area contributed by atoms with Crippen LogP contribution in [0.25, 0.3) is 0 Å². The minimum Gasteiger partial charge on any atom is -0.384 e. The summed E-state index contributed by atoms with van der Waals surface area (Å²) in [7, 11) is 3.48. The summed E-state index contributed by atoms with van der Waals surface area (Å²) in [5.74, 6) is 1.24. The molecule has 0 bridgehead atoms. The summed E-state index contributed by atoms with van der Waals surface area (Å²) in [5.41, 5.74) is 0. The van der Waals surface area contributed by atoms with E-state index in [1.54, 1.807) is 14.2 Å². The Bertz CT molecular complexity index is 88.3. The van der Waals surface area contributed by atoms with E-state index in [0.29, 0.717) is 11.8 Å². The third-order valence-electron chi connectivity index (χ3n) is 2.21. The van der Waals surface area contributed by atoms with Gasteiger partial charge in [0.1, 0.15) is 0 Å². The molecule has 0 radical (unpaired) electrons. The van der Waals surface area contributed by atoms with Crippen molar-refractivity contribution < 1.29 is 9.47 Å². The lowest BCUT2D eigenvalue weighted by Crippen LogP contribution is -2.21. The van der Waals surface area contributed by atoms with Crippen LogP contribution in [0.2, 0.25) is 0 Å². The molecule has 0 saturated heterocycles. The molecule has 0 aromatic carbocycles. The first-order chi connectivity index (χ1) is 6.67. The second kappa shape index (κ2) is 12.9. The van der Waals surface area contributed by atoms with Crippen LogP contribution in [0.1, 0.15) is 40.5 Å². The number of rotatable bonds is 6. The topological polar surface area (TPSA) is 18.5 Å². The second-order valence-corrected chi connectivity index (χ2v) is 3.76. The Morgan fingerprint density at radius 1 is 0.929 bits per heavy atom. The Balaban J connectivity index is 0. The number of methoxy groups -OCH3 is 2. The Labute approximate surface area is 90.0 Å². The van der Waals surface area contributed by atoms with E-state index < -0.39 is 0 Å². The van der Waals surface area contributed by atoms with Crippen LogP contribution in [0.4, 0.5) is 0 Å². The van der Waals surface area contributed by atoms with Gasteiger partial charge in [0.15, 0.2) is 0 Å². The Morgan fingerprint density at radius 3 is 1.50 bits per heavy atom. The molecule has 0 spiro atoms. The Hall–Kier alpha value is -0.0800. The van der Waals surface area contributed by atoms with Gasteiger partial charge in [-0.2, -0.15) is 0 Å². The highest BCUT2D eigenvalue weighted by Crippen LogP contribution is 2.15. The standard InChI is InChI=1S/C9H20O2.C3H8/c1-5-8(2)9(6-10-3)7-11-4;1-3-2/h8-9H,5-7H2,1-4H3;3H2,1-2H3. The summed E-state index contributed by atoms with van der Waals surface area (Å²) < 4.78 is 10.2. The van der Waals surface area contributed by atoms with Gasteiger partial charge < -0.3 is 9.47 Å². The van der Waals surface area contributed by atoms with Gasteiger partial charge in [-0.15, -0.1) is 0 Å². The molecule has 1 unspecified atom stereocenters. The molecule has 2 heteroatoms. The van der Waals surface area contributed by atoms with Gasteiger partial charge >= 0.3 is 0 Å². The van der Waals surface area contributed by atoms with Gasteiger partial charge in [-0.25, -0.2) is 0 Å². The maximum absolute atomic E-state index is 5.10. The van der Waals surface area contributed by atoms with Crippen LogP contribution in [0, 0.1) is 11.8 Å². The second-order valence-electron chi connectivity index (χ2n) is 3.76. The van der Waals surface area contributed by atoms with Gasteiger partial charge in [0.05, 0.1) is 13.2 Å². The van der Waals surface area contributed by atoms with Crippen LogP contribution in [0.3, 0.4) is 0 Å². The highest BCUT2D eigenvalue weighted by molar-refractivity contribution is 4.63. The predicted octanol–water partition coefficient (Wildman–Crippen LogP) is 3.36. The van der Waals surface area contributed by atoms with Crippen LogP contribution in [0.15, 0.2) is 0 Å². The largest absolute Gasteiger partial charge is 0.384 e. The lowest BCUT2D eigenvalue weighted by Gasteiger charge is -2.20. The van der Waals surface area contributed by atoms with Crippen molar-refractivity contribution in [3.63, 3.8) is 0 Å². The molecule has 0 N–H and O–H groups in total. The van der Waals surface area contributed by atoms with Gasteiger partial charge in [-0.05, 0) is 5.92 Å². The summed E-state index contributed by atoms with van der Waals surface area (Å²) in [6.07, 6.45) is 2.44. The van der Waals surface area contributed by atoms with Gasteiger partial charge in [-0.3, -0.25) is 0 Å². The monoisotopic (exact) mass is 204 g/mol. The average molecular weight is 204 g/mol. The molecule has 0 aliphatic rings. The molecular weight excluding hydrogens is 176 g/mol. The van der Waals surface area contributed by atoms with E-state index in [9.17, 15) is 0 Å². The van der Waals surface area contributed by atoms with Crippen LogP contribution < -0.4 is 0 Å². The summed E-state index contributed by atoms with van der Waals surface area (Å²) in [6.45, 7) is 10.3. The van der Waals surface area contributed by atoms with E-state index >= 15 is 0 Å². The SMILES string of the molecule is CCC.CCC(C)C(COC)COC. The van der Waals surface area contributed by atoms with Crippen molar-refractivity contribution >= 4 is 0 Å². The van der Waals surface area contributed by atoms with E-state index in [1.165, 1.54) is 12.8 Å². The van der Waals surface area contributed by atoms with E-state index in [-0.39, 0.29) is 0 Å². The number of ether oxygens (including phenoxy) is 2. The van der Waals surface area contributed by atoms with Crippen molar-refractivity contribution in [1.29, 1.82) is 0 Å². The van der Waals surface area contributed by atoms with Gasteiger partial charge in [0.2, 0.25) is 0 Å². The van der Waals surface area contributed by atoms with Gasteiger partial charge in [0.25, 0.3) is 0 Å². The van der Waals surface area contributed by atoms with Crippen LogP contribution in [-0.2, 0) is 9.47 Å². The molecule has 88 valence electrons. The Morgan fingerprint density at radius 2 is 1.29 bits per heavy atom.